The number of piperidine rings is 1. The number of carbonyl (C=O) groups is 1. The summed E-state index contributed by atoms with van der Waals surface area (Å²) in [6, 6.07) is 17.0. The highest BCUT2D eigenvalue weighted by molar-refractivity contribution is 6.13. The maximum absolute atomic E-state index is 12.0. The summed E-state index contributed by atoms with van der Waals surface area (Å²) in [6.45, 7) is 4.88. The largest absolute Gasteiger partial charge is 0.457 e. The highest BCUT2D eigenvalue weighted by atomic mass is 16.5. The quantitative estimate of drug-likeness (QED) is 0.434. The van der Waals surface area contributed by atoms with Gasteiger partial charge in [-0.15, -0.1) is 0 Å². The molecule has 1 aromatic heterocycles. The molecule has 0 spiro atoms. The highest BCUT2D eigenvalue weighted by Gasteiger charge is 2.23. The molecular weight excluding hydrogens is 402 g/mol. The minimum Gasteiger partial charge on any atom is -0.457 e. The lowest BCUT2D eigenvalue weighted by atomic mass is 10.0. The second-order valence-electron chi connectivity index (χ2n) is 7.57. The summed E-state index contributed by atoms with van der Waals surface area (Å²) >= 11 is 0. The van der Waals surface area contributed by atoms with Crippen LogP contribution in [0.3, 0.4) is 0 Å². The molecular formula is C25H25N5O2. The molecule has 0 bridgehead atoms. The van der Waals surface area contributed by atoms with Crippen molar-refractivity contribution >= 4 is 17.4 Å². The lowest BCUT2D eigenvalue weighted by molar-refractivity contribution is -0.127. The SMILES string of the molecule is C=CC(=O)N1CCCC(Nc2ncncc2C(=N)c2ccc(Oc3ccccc3)cc2)C1. The van der Waals surface area contributed by atoms with Gasteiger partial charge < -0.3 is 15.0 Å². The number of aromatic nitrogens is 2. The molecule has 0 aliphatic carbocycles. The van der Waals surface area contributed by atoms with Crippen LogP contribution in [0.2, 0.25) is 0 Å². The van der Waals surface area contributed by atoms with Gasteiger partial charge in [-0.05, 0) is 55.3 Å². The van der Waals surface area contributed by atoms with Crippen molar-refractivity contribution in [3.05, 3.63) is 90.9 Å². The number of rotatable bonds is 7. The van der Waals surface area contributed by atoms with Gasteiger partial charge in [0.05, 0.1) is 11.3 Å². The fourth-order valence-electron chi connectivity index (χ4n) is 3.71. The Bertz CT molecular complexity index is 1100. The Balaban J connectivity index is 1.47. The first-order valence-corrected chi connectivity index (χ1v) is 10.5. The Hall–Kier alpha value is -4.00. The zero-order valence-corrected chi connectivity index (χ0v) is 17.7. The molecule has 7 nitrogen and oxygen atoms in total. The fourth-order valence-corrected chi connectivity index (χ4v) is 3.71. The summed E-state index contributed by atoms with van der Waals surface area (Å²) in [5.74, 6) is 1.98. The van der Waals surface area contributed by atoms with Gasteiger partial charge in [0.2, 0.25) is 5.91 Å². The zero-order valence-electron chi connectivity index (χ0n) is 17.7. The van der Waals surface area contributed by atoms with Crippen LogP contribution < -0.4 is 10.1 Å². The normalized spacial score (nSPS) is 15.6. The van der Waals surface area contributed by atoms with Crippen molar-refractivity contribution in [3.8, 4) is 11.5 Å². The number of amides is 1. The van der Waals surface area contributed by atoms with Gasteiger partial charge in [-0.3, -0.25) is 10.2 Å². The van der Waals surface area contributed by atoms with Crippen molar-refractivity contribution in [2.45, 2.75) is 18.9 Å². The van der Waals surface area contributed by atoms with E-state index in [9.17, 15) is 4.79 Å². The molecule has 1 fully saturated rings. The minimum atomic E-state index is -0.0648. The third kappa shape index (κ3) is 5.00. The van der Waals surface area contributed by atoms with Crippen LogP contribution in [0.4, 0.5) is 5.82 Å². The first-order chi connectivity index (χ1) is 15.6. The number of para-hydroxylation sites is 1. The van der Waals surface area contributed by atoms with E-state index < -0.39 is 0 Å². The van der Waals surface area contributed by atoms with E-state index in [2.05, 4.69) is 21.9 Å². The number of carbonyl (C=O) groups excluding carboxylic acids is 1. The second-order valence-corrected chi connectivity index (χ2v) is 7.57. The number of likely N-dealkylation sites (tertiary alicyclic amines) is 1. The number of hydrogen-bond acceptors (Lipinski definition) is 6. The van der Waals surface area contributed by atoms with Crippen LogP contribution in [0.15, 0.2) is 79.8 Å². The summed E-state index contributed by atoms with van der Waals surface area (Å²) in [6.07, 6.45) is 6.27. The minimum absolute atomic E-state index is 0.0516. The molecule has 1 saturated heterocycles. The fraction of sp³-hybridized carbons (Fsp3) is 0.200. The van der Waals surface area contributed by atoms with Crippen molar-refractivity contribution in [3.63, 3.8) is 0 Å². The molecule has 7 heteroatoms. The van der Waals surface area contributed by atoms with Gasteiger partial charge in [0.25, 0.3) is 0 Å². The standard InChI is InChI=1S/C25H25N5O2/c1-2-23(31)30-14-6-7-19(16-30)29-25-22(15-27-17-28-25)24(26)18-10-12-21(13-11-18)32-20-8-4-3-5-9-20/h2-5,8-13,15,17,19,26H,1,6-7,14,16H2,(H,27,28,29). The summed E-state index contributed by atoms with van der Waals surface area (Å²) in [5, 5.41) is 12.1. The van der Waals surface area contributed by atoms with Gasteiger partial charge in [-0.25, -0.2) is 9.97 Å². The summed E-state index contributed by atoms with van der Waals surface area (Å²) < 4.78 is 5.83. The van der Waals surface area contributed by atoms with Gasteiger partial charge in [0, 0.05) is 30.9 Å². The Morgan fingerprint density at radius 1 is 1.16 bits per heavy atom. The molecule has 162 valence electrons. The lowest BCUT2D eigenvalue weighted by Gasteiger charge is -2.33. The van der Waals surface area contributed by atoms with Crippen LogP contribution in [0, 0.1) is 5.41 Å². The molecule has 0 radical (unpaired) electrons. The average Bonchev–Trinajstić information content (AvgIpc) is 2.85. The molecule has 1 unspecified atom stereocenters. The van der Waals surface area contributed by atoms with Crippen LogP contribution >= 0.6 is 0 Å². The summed E-state index contributed by atoms with van der Waals surface area (Å²) in [4.78, 5) is 22.3. The molecule has 2 aromatic carbocycles. The third-order valence-corrected chi connectivity index (χ3v) is 5.35. The van der Waals surface area contributed by atoms with Crippen molar-refractivity contribution in [1.29, 1.82) is 5.41 Å². The van der Waals surface area contributed by atoms with E-state index in [4.69, 9.17) is 10.1 Å². The third-order valence-electron chi connectivity index (χ3n) is 5.35. The molecule has 3 aromatic rings. The van der Waals surface area contributed by atoms with Gasteiger partial charge in [-0.2, -0.15) is 0 Å². The average molecular weight is 428 g/mol. The summed E-state index contributed by atoms with van der Waals surface area (Å²) in [5.41, 5.74) is 1.65. The molecule has 0 saturated carbocycles. The number of hydrogen-bond donors (Lipinski definition) is 2. The molecule has 32 heavy (non-hydrogen) atoms. The summed E-state index contributed by atoms with van der Waals surface area (Å²) in [7, 11) is 0. The Kier molecular flexibility index (Phi) is 6.55. The smallest absolute Gasteiger partial charge is 0.246 e. The van der Waals surface area contributed by atoms with E-state index in [0.29, 0.717) is 29.4 Å². The molecule has 1 aliphatic heterocycles. The van der Waals surface area contributed by atoms with Crippen LogP contribution in [0.25, 0.3) is 0 Å². The predicted molar refractivity (Wildman–Crippen MR) is 124 cm³/mol. The molecule has 1 atom stereocenters. The Morgan fingerprint density at radius 3 is 2.66 bits per heavy atom. The number of ether oxygens (including phenoxy) is 1. The second kappa shape index (κ2) is 9.87. The first-order valence-electron chi connectivity index (χ1n) is 10.5. The molecule has 2 heterocycles. The predicted octanol–water partition coefficient (Wildman–Crippen LogP) is 4.27. The first kappa shape index (κ1) is 21.2. The maximum atomic E-state index is 12.0. The number of anilines is 1. The molecule has 1 aliphatic rings. The van der Waals surface area contributed by atoms with Crippen molar-refractivity contribution in [2.24, 2.45) is 0 Å². The van der Waals surface area contributed by atoms with E-state index in [1.54, 1.807) is 11.1 Å². The lowest BCUT2D eigenvalue weighted by Crippen LogP contribution is -2.44. The van der Waals surface area contributed by atoms with E-state index in [1.165, 1.54) is 12.4 Å². The Labute approximate surface area is 187 Å². The van der Waals surface area contributed by atoms with Crippen molar-refractivity contribution < 1.29 is 9.53 Å². The number of nitrogens with zero attached hydrogens (tertiary/aromatic N) is 3. The number of nitrogens with one attached hydrogen (secondary N) is 2. The van der Waals surface area contributed by atoms with Crippen molar-refractivity contribution in [2.75, 3.05) is 18.4 Å². The van der Waals surface area contributed by atoms with Crippen molar-refractivity contribution in [1.82, 2.24) is 14.9 Å². The highest BCUT2D eigenvalue weighted by Crippen LogP contribution is 2.24. The Morgan fingerprint density at radius 2 is 1.91 bits per heavy atom. The van der Waals surface area contributed by atoms with Gasteiger partial charge in [0.15, 0.2) is 0 Å². The zero-order chi connectivity index (χ0) is 22.3. The van der Waals surface area contributed by atoms with Crippen LogP contribution in [0.5, 0.6) is 11.5 Å². The van der Waals surface area contributed by atoms with Crippen LogP contribution in [-0.2, 0) is 4.79 Å². The van der Waals surface area contributed by atoms with Crippen LogP contribution in [-0.4, -0.2) is 45.6 Å². The van der Waals surface area contributed by atoms with E-state index in [-0.39, 0.29) is 11.9 Å². The monoisotopic (exact) mass is 427 g/mol. The topological polar surface area (TPSA) is 91.2 Å². The van der Waals surface area contributed by atoms with E-state index in [0.717, 1.165) is 30.7 Å². The molecule has 1 amide bonds. The maximum Gasteiger partial charge on any atom is 0.246 e. The van der Waals surface area contributed by atoms with E-state index in [1.807, 2.05) is 54.6 Å². The van der Waals surface area contributed by atoms with Crippen LogP contribution in [0.1, 0.15) is 24.0 Å². The van der Waals surface area contributed by atoms with E-state index >= 15 is 0 Å². The molecule has 2 N–H and O–H groups in total. The molecule has 4 rings (SSSR count). The van der Waals surface area contributed by atoms with Gasteiger partial charge in [-0.1, -0.05) is 24.8 Å². The number of benzene rings is 2. The van der Waals surface area contributed by atoms with Gasteiger partial charge >= 0.3 is 0 Å². The van der Waals surface area contributed by atoms with Gasteiger partial charge in [0.1, 0.15) is 23.6 Å².